The maximum Gasteiger partial charge on any atom is 0.295 e. The number of non-ortho nitro benzene ring substituents is 1. The average Bonchev–Trinajstić information content (AvgIpc) is 2.94. The van der Waals surface area contributed by atoms with E-state index in [1.165, 1.54) is 6.07 Å². The van der Waals surface area contributed by atoms with Crippen LogP contribution in [0.15, 0.2) is 24.3 Å². The largest absolute Gasteiger partial charge is 0.382 e. The number of aryl methyl sites for hydroxylation is 1. The van der Waals surface area contributed by atoms with Crippen LogP contribution in [-0.2, 0) is 4.74 Å². The SMILES string of the molecule is COC1CCC(Nc2cc(C)nc3c([N+](=O)[O-])cccc23)C1. The molecule has 6 heteroatoms. The summed E-state index contributed by atoms with van der Waals surface area (Å²) in [7, 11) is 1.74. The summed E-state index contributed by atoms with van der Waals surface area (Å²) in [5.74, 6) is 0. The van der Waals surface area contributed by atoms with E-state index in [0.29, 0.717) is 17.7 Å². The second-order valence-electron chi connectivity index (χ2n) is 5.75. The maximum absolute atomic E-state index is 11.2. The fourth-order valence-electron chi connectivity index (χ4n) is 3.13. The summed E-state index contributed by atoms with van der Waals surface area (Å²) in [6.07, 6.45) is 3.32. The van der Waals surface area contributed by atoms with E-state index in [4.69, 9.17) is 4.74 Å². The van der Waals surface area contributed by atoms with E-state index in [1.54, 1.807) is 13.2 Å². The Labute approximate surface area is 128 Å². The van der Waals surface area contributed by atoms with Crippen molar-refractivity contribution < 1.29 is 9.66 Å². The highest BCUT2D eigenvalue weighted by Gasteiger charge is 2.25. The third kappa shape index (κ3) is 2.74. The molecule has 2 atom stereocenters. The zero-order chi connectivity index (χ0) is 15.7. The Balaban J connectivity index is 1.99. The number of anilines is 1. The molecule has 0 radical (unpaired) electrons. The molecule has 0 amide bonds. The van der Waals surface area contributed by atoms with Crippen LogP contribution in [0.2, 0.25) is 0 Å². The van der Waals surface area contributed by atoms with Gasteiger partial charge in [0, 0.05) is 36.0 Å². The Morgan fingerprint density at radius 1 is 1.41 bits per heavy atom. The molecule has 1 aliphatic carbocycles. The van der Waals surface area contributed by atoms with Crippen molar-refractivity contribution in [2.24, 2.45) is 0 Å². The summed E-state index contributed by atoms with van der Waals surface area (Å²) in [6, 6.07) is 7.35. The van der Waals surface area contributed by atoms with Crippen molar-refractivity contribution in [1.29, 1.82) is 0 Å². The molecule has 3 rings (SSSR count). The minimum atomic E-state index is -0.380. The number of nitro groups is 1. The van der Waals surface area contributed by atoms with Gasteiger partial charge in [-0.1, -0.05) is 12.1 Å². The van der Waals surface area contributed by atoms with Crippen LogP contribution in [0, 0.1) is 17.0 Å². The van der Waals surface area contributed by atoms with Gasteiger partial charge in [-0.3, -0.25) is 10.1 Å². The summed E-state index contributed by atoms with van der Waals surface area (Å²) in [4.78, 5) is 15.2. The fourth-order valence-corrected chi connectivity index (χ4v) is 3.13. The lowest BCUT2D eigenvalue weighted by Crippen LogP contribution is -2.17. The first-order valence-electron chi connectivity index (χ1n) is 7.42. The molecule has 116 valence electrons. The van der Waals surface area contributed by atoms with Crippen molar-refractivity contribution in [3.63, 3.8) is 0 Å². The van der Waals surface area contributed by atoms with Gasteiger partial charge in [0.25, 0.3) is 5.69 Å². The number of ether oxygens (including phenoxy) is 1. The molecule has 1 aromatic carbocycles. The summed E-state index contributed by atoms with van der Waals surface area (Å²) in [6.45, 7) is 1.86. The summed E-state index contributed by atoms with van der Waals surface area (Å²) >= 11 is 0. The molecule has 0 bridgehead atoms. The summed E-state index contributed by atoms with van der Waals surface area (Å²) in [5.41, 5.74) is 2.17. The smallest absolute Gasteiger partial charge is 0.295 e. The fraction of sp³-hybridized carbons (Fsp3) is 0.438. The van der Waals surface area contributed by atoms with Crippen molar-refractivity contribution in [3.8, 4) is 0 Å². The van der Waals surface area contributed by atoms with Gasteiger partial charge in [-0.05, 0) is 32.3 Å². The molecule has 1 aliphatic rings. The van der Waals surface area contributed by atoms with Crippen LogP contribution in [0.4, 0.5) is 11.4 Å². The van der Waals surface area contributed by atoms with Gasteiger partial charge in [0.1, 0.15) is 0 Å². The first-order chi connectivity index (χ1) is 10.6. The topological polar surface area (TPSA) is 77.3 Å². The van der Waals surface area contributed by atoms with Crippen LogP contribution >= 0.6 is 0 Å². The lowest BCUT2D eigenvalue weighted by molar-refractivity contribution is -0.383. The van der Waals surface area contributed by atoms with Crippen molar-refractivity contribution in [2.75, 3.05) is 12.4 Å². The molecular weight excluding hydrogens is 282 g/mol. The van der Waals surface area contributed by atoms with Crippen LogP contribution < -0.4 is 5.32 Å². The number of benzene rings is 1. The van der Waals surface area contributed by atoms with Gasteiger partial charge < -0.3 is 10.1 Å². The van der Waals surface area contributed by atoms with Crippen molar-refractivity contribution in [3.05, 3.63) is 40.1 Å². The van der Waals surface area contributed by atoms with Crippen LogP contribution in [0.25, 0.3) is 10.9 Å². The number of methoxy groups -OCH3 is 1. The third-order valence-corrected chi connectivity index (χ3v) is 4.22. The van der Waals surface area contributed by atoms with Crippen LogP contribution in [0.3, 0.4) is 0 Å². The predicted molar refractivity (Wildman–Crippen MR) is 85.2 cm³/mol. The Bertz CT molecular complexity index is 717. The molecule has 1 N–H and O–H groups in total. The van der Waals surface area contributed by atoms with Crippen molar-refractivity contribution in [1.82, 2.24) is 4.98 Å². The highest BCUT2D eigenvalue weighted by atomic mass is 16.6. The molecule has 6 nitrogen and oxygen atoms in total. The minimum absolute atomic E-state index is 0.0467. The number of nitrogens with one attached hydrogen (secondary N) is 1. The van der Waals surface area contributed by atoms with E-state index >= 15 is 0 Å². The monoisotopic (exact) mass is 301 g/mol. The van der Waals surface area contributed by atoms with Gasteiger partial charge in [-0.25, -0.2) is 4.98 Å². The first kappa shape index (κ1) is 14.7. The third-order valence-electron chi connectivity index (χ3n) is 4.22. The van der Waals surface area contributed by atoms with E-state index in [-0.39, 0.29) is 10.6 Å². The number of para-hydroxylation sites is 1. The Kier molecular flexibility index (Phi) is 3.94. The van der Waals surface area contributed by atoms with Gasteiger partial charge in [0.15, 0.2) is 5.52 Å². The number of fused-ring (bicyclic) bond motifs is 1. The van der Waals surface area contributed by atoms with E-state index in [1.807, 2.05) is 19.1 Å². The molecule has 1 aromatic heterocycles. The Morgan fingerprint density at radius 2 is 2.23 bits per heavy atom. The highest BCUT2D eigenvalue weighted by molar-refractivity contribution is 5.96. The van der Waals surface area contributed by atoms with Gasteiger partial charge in [-0.15, -0.1) is 0 Å². The number of rotatable bonds is 4. The van der Waals surface area contributed by atoms with E-state index in [9.17, 15) is 10.1 Å². The molecule has 0 spiro atoms. The maximum atomic E-state index is 11.2. The average molecular weight is 301 g/mol. The second kappa shape index (κ2) is 5.88. The molecular formula is C16H19N3O3. The zero-order valence-corrected chi connectivity index (χ0v) is 12.7. The quantitative estimate of drug-likeness (QED) is 0.691. The van der Waals surface area contributed by atoms with E-state index in [2.05, 4.69) is 10.3 Å². The predicted octanol–water partition coefficient (Wildman–Crippen LogP) is 3.43. The van der Waals surface area contributed by atoms with Gasteiger partial charge in [0.05, 0.1) is 11.0 Å². The number of nitrogens with zero attached hydrogens (tertiary/aromatic N) is 2. The molecule has 1 fully saturated rings. The van der Waals surface area contributed by atoms with Crippen LogP contribution in [-0.4, -0.2) is 29.2 Å². The number of aromatic nitrogens is 1. The molecule has 1 heterocycles. The van der Waals surface area contributed by atoms with E-state index in [0.717, 1.165) is 36.0 Å². The van der Waals surface area contributed by atoms with Crippen LogP contribution in [0.5, 0.6) is 0 Å². The van der Waals surface area contributed by atoms with Crippen molar-refractivity contribution in [2.45, 2.75) is 38.3 Å². The molecule has 22 heavy (non-hydrogen) atoms. The number of hydrogen-bond acceptors (Lipinski definition) is 5. The Morgan fingerprint density at radius 3 is 2.91 bits per heavy atom. The highest BCUT2D eigenvalue weighted by Crippen LogP contribution is 2.32. The van der Waals surface area contributed by atoms with Gasteiger partial charge >= 0.3 is 0 Å². The lowest BCUT2D eigenvalue weighted by Gasteiger charge is -2.16. The molecule has 0 saturated heterocycles. The second-order valence-corrected chi connectivity index (χ2v) is 5.75. The molecule has 1 saturated carbocycles. The standard InChI is InChI=1S/C16H19N3O3/c1-10-8-14(18-11-6-7-12(9-11)22-2)13-4-3-5-15(19(20)21)16(13)17-10/h3-5,8,11-12H,6-7,9H2,1-2H3,(H,17,18). The zero-order valence-electron chi connectivity index (χ0n) is 12.7. The summed E-state index contributed by atoms with van der Waals surface area (Å²) < 4.78 is 5.40. The lowest BCUT2D eigenvalue weighted by atomic mass is 10.1. The van der Waals surface area contributed by atoms with Gasteiger partial charge in [0.2, 0.25) is 0 Å². The number of nitro benzene ring substituents is 1. The van der Waals surface area contributed by atoms with E-state index < -0.39 is 0 Å². The van der Waals surface area contributed by atoms with Crippen LogP contribution in [0.1, 0.15) is 25.0 Å². The number of hydrogen-bond donors (Lipinski definition) is 1. The van der Waals surface area contributed by atoms with Crippen molar-refractivity contribution >= 4 is 22.3 Å². The van der Waals surface area contributed by atoms with Gasteiger partial charge in [-0.2, -0.15) is 0 Å². The molecule has 2 aromatic rings. The number of pyridine rings is 1. The minimum Gasteiger partial charge on any atom is -0.382 e. The normalized spacial score (nSPS) is 21.2. The Hall–Kier alpha value is -2.21. The molecule has 2 unspecified atom stereocenters. The first-order valence-corrected chi connectivity index (χ1v) is 7.42. The summed E-state index contributed by atoms with van der Waals surface area (Å²) in [5, 5.41) is 15.5. The molecule has 0 aliphatic heterocycles.